The van der Waals surface area contributed by atoms with Crippen molar-refractivity contribution in [2.45, 2.75) is 6.54 Å². The molecule has 2 amide bonds. The number of benzene rings is 2. The van der Waals surface area contributed by atoms with Crippen molar-refractivity contribution in [3.8, 4) is 0 Å². The molecule has 0 radical (unpaired) electrons. The summed E-state index contributed by atoms with van der Waals surface area (Å²) in [5, 5.41) is 5.43. The third kappa shape index (κ3) is 6.33. The molecule has 0 saturated heterocycles. The summed E-state index contributed by atoms with van der Waals surface area (Å²) in [4.78, 5) is 25.2. The molecule has 0 spiro atoms. The van der Waals surface area contributed by atoms with Crippen LogP contribution in [0.15, 0.2) is 99.7 Å². The van der Waals surface area contributed by atoms with Gasteiger partial charge in [0.05, 0.1) is 12.8 Å². The van der Waals surface area contributed by atoms with Crippen LogP contribution < -0.4 is 10.6 Å². The van der Waals surface area contributed by atoms with Crippen molar-refractivity contribution in [3.05, 3.63) is 112 Å². The highest BCUT2D eigenvalue weighted by molar-refractivity contribution is 9.10. The number of rotatable bonds is 7. The Morgan fingerprint density at radius 2 is 1.83 bits per heavy atom. The number of carbonyl (C=O) groups excluding carboxylic acids is 2. The van der Waals surface area contributed by atoms with Crippen LogP contribution in [0.5, 0.6) is 0 Å². The first kappa shape index (κ1) is 20.4. The Labute approximate surface area is 177 Å². The van der Waals surface area contributed by atoms with Crippen LogP contribution in [0.25, 0.3) is 6.08 Å². The van der Waals surface area contributed by atoms with Crippen molar-refractivity contribution in [2.24, 2.45) is 0 Å². The molecule has 1 aromatic heterocycles. The molecule has 29 heavy (non-hydrogen) atoms. The monoisotopic (exact) mass is 450 g/mol. The summed E-state index contributed by atoms with van der Waals surface area (Å²) in [6.07, 6.45) is 6.68. The zero-order chi connectivity index (χ0) is 20.5. The SMILES string of the molecule is O=C(NCc1ccco1)/C(=C\C=C\c1ccccc1)NC(=O)c1cccc(Br)c1. The van der Waals surface area contributed by atoms with Gasteiger partial charge in [0.25, 0.3) is 11.8 Å². The first-order valence-electron chi connectivity index (χ1n) is 8.93. The summed E-state index contributed by atoms with van der Waals surface area (Å²) in [5.41, 5.74) is 1.56. The Kier molecular flexibility index (Phi) is 7.19. The average Bonchev–Trinajstić information content (AvgIpc) is 3.25. The zero-order valence-electron chi connectivity index (χ0n) is 15.5. The van der Waals surface area contributed by atoms with Gasteiger partial charge >= 0.3 is 0 Å². The van der Waals surface area contributed by atoms with E-state index >= 15 is 0 Å². The molecule has 0 unspecified atom stereocenters. The van der Waals surface area contributed by atoms with Crippen LogP contribution in [0.2, 0.25) is 0 Å². The number of hydrogen-bond acceptors (Lipinski definition) is 3. The van der Waals surface area contributed by atoms with Crippen molar-refractivity contribution in [1.82, 2.24) is 10.6 Å². The molecule has 0 aliphatic rings. The number of nitrogens with one attached hydrogen (secondary N) is 2. The predicted octanol–water partition coefficient (Wildman–Crippen LogP) is 4.69. The van der Waals surface area contributed by atoms with Crippen molar-refractivity contribution < 1.29 is 14.0 Å². The lowest BCUT2D eigenvalue weighted by Crippen LogP contribution is -2.34. The summed E-state index contributed by atoms with van der Waals surface area (Å²) in [6, 6.07) is 20.1. The summed E-state index contributed by atoms with van der Waals surface area (Å²) in [7, 11) is 0. The van der Waals surface area contributed by atoms with Crippen molar-refractivity contribution in [2.75, 3.05) is 0 Å². The topological polar surface area (TPSA) is 71.3 Å². The maximum Gasteiger partial charge on any atom is 0.268 e. The largest absolute Gasteiger partial charge is 0.467 e. The Hall–Kier alpha value is -3.38. The fourth-order valence-electron chi connectivity index (χ4n) is 2.49. The van der Waals surface area contributed by atoms with Gasteiger partial charge in [0.2, 0.25) is 0 Å². The van der Waals surface area contributed by atoms with Gasteiger partial charge in [-0.1, -0.05) is 64.5 Å². The van der Waals surface area contributed by atoms with Crippen LogP contribution in [-0.2, 0) is 11.3 Å². The lowest BCUT2D eigenvalue weighted by molar-refractivity contribution is -0.118. The van der Waals surface area contributed by atoms with E-state index in [9.17, 15) is 9.59 Å². The number of carbonyl (C=O) groups is 2. The van der Waals surface area contributed by atoms with Gasteiger partial charge in [0, 0.05) is 10.0 Å². The number of halogens is 1. The highest BCUT2D eigenvalue weighted by Crippen LogP contribution is 2.12. The third-order valence-electron chi connectivity index (χ3n) is 3.93. The van der Waals surface area contributed by atoms with Gasteiger partial charge in [-0.25, -0.2) is 0 Å². The standard InChI is InChI=1S/C23H19BrN2O3/c24-19-11-5-10-18(15-19)22(27)26-21(13-4-9-17-7-2-1-3-8-17)23(28)25-16-20-12-6-14-29-20/h1-15H,16H2,(H,25,28)(H,26,27)/b9-4+,21-13+. The fourth-order valence-corrected chi connectivity index (χ4v) is 2.89. The van der Waals surface area contributed by atoms with Crippen LogP contribution in [-0.4, -0.2) is 11.8 Å². The molecule has 0 bridgehead atoms. The van der Waals surface area contributed by atoms with Gasteiger partial charge in [0.1, 0.15) is 11.5 Å². The molecule has 146 valence electrons. The average molecular weight is 451 g/mol. The second kappa shape index (κ2) is 10.2. The molecule has 5 nitrogen and oxygen atoms in total. The third-order valence-corrected chi connectivity index (χ3v) is 4.43. The predicted molar refractivity (Wildman–Crippen MR) is 116 cm³/mol. The number of amides is 2. The molecule has 0 atom stereocenters. The molecular formula is C23H19BrN2O3. The second-order valence-electron chi connectivity index (χ2n) is 6.08. The van der Waals surface area contributed by atoms with Crippen LogP contribution >= 0.6 is 15.9 Å². The Balaban J connectivity index is 1.76. The quantitative estimate of drug-likeness (QED) is 0.405. The molecule has 3 aromatic rings. The van der Waals surface area contributed by atoms with E-state index in [1.165, 1.54) is 6.26 Å². The number of furan rings is 1. The maximum atomic E-state index is 12.6. The minimum atomic E-state index is -0.414. The molecule has 3 rings (SSSR count). The lowest BCUT2D eigenvalue weighted by Gasteiger charge is -2.10. The fraction of sp³-hybridized carbons (Fsp3) is 0.0435. The molecule has 0 saturated carbocycles. The highest BCUT2D eigenvalue weighted by atomic mass is 79.9. The molecular weight excluding hydrogens is 432 g/mol. The Morgan fingerprint density at radius 3 is 2.55 bits per heavy atom. The van der Waals surface area contributed by atoms with E-state index in [0.717, 1.165) is 10.0 Å². The van der Waals surface area contributed by atoms with E-state index in [1.54, 1.807) is 42.5 Å². The highest BCUT2D eigenvalue weighted by Gasteiger charge is 2.14. The van der Waals surface area contributed by atoms with E-state index in [-0.39, 0.29) is 18.1 Å². The van der Waals surface area contributed by atoms with E-state index in [1.807, 2.05) is 42.5 Å². The molecule has 6 heteroatoms. The van der Waals surface area contributed by atoms with Gasteiger partial charge < -0.3 is 15.1 Å². The summed E-state index contributed by atoms with van der Waals surface area (Å²) >= 11 is 3.34. The molecule has 0 fully saturated rings. The van der Waals surface area contributed by atoms with Crippen LogP contribution in [0.3, 0.4) is 0 Å². The van der Waals surface area contributed by atoms with Gasteiger partial charge in [-0.15, -0.1) is 0 Å². The minimum absolute atomic E-state index is 0.133. The Bertz CT molecular complexity index is 1030. The minimum Gasteiger partial charge on any atom is -0.467 e. The molecule has 2 aromatic carbocycles. The first-order valence-corrected chi connectivity index (χ1v) is 9.72. The van der Waals surface area contributed by atoms with E-state index in [0.29, 0.717) is 11.3 Å². The number of allylic oxidation sites excluding steroid dienone is 2. The van der Waals surface area contributed by atoms with Crippen molar-refractivity contribution in [1.29, 1.82) is 0 Å². The smallest absolute Gasteiger partial charge is 0.268 e. The van der Waals surface area contributed by atoms with Crippen molar-refractivity contribution >= 4 is 33.8 Å². The normalized spacial score (nSPS) is 11.4. The summed E-state index contributed by atoms with van der Waals surface area (Å²) in [6.45, 7) is 0.221. The number of hydrogen-bond donors (Lipinski definition) is 2. The van der Waals surface area contributed by atoms with Crippen LogP contribution in [0.4, 0.5) is 0 Å². The van der Waals surface area contributed by atoms with E-state index in [4.69, 9.17) is 4.42 Å². The summed E-state index contributed by atoms with van der Waals surface area (Å²) < 4.78 is 6.01. The van der Waals surface area contributed by atoms with Gasteiger partial charge in [0.15, 0.2) is 0 Å². The molecule has 1 heterocycles. The van der Waals surface area contributed by atoms with Crippen LogP contribution in [0.1, 0.15) is 21.7 Å². The van der Waals surface area contributed by atoms with E-state index in [2.05, 4.69) is 26.6 Å². The van der Waals surface area contributed by atoms with Gasteiger partial charge in [-0.2, -0.15) is 0 Å². The Morgan fingerprint density at radius 1 is 1.00 bits per heavy atom. The molecule has 0 aliphatic heterocycles. The lowest BCUT2D eigenvalue weighted by atomic mass is 10.2. The zero-order valence-corrected chi connectivity index (χ0v) is 17.1. The molecule has 0 aliphatic carbocycles. The summed E-state index contributed by atoms with van der Waals surface area (Å²) in [5.74, 6) is -0.169. The van der Waals surface area contributed by atoms with Gasteiger partial charge in [-0.3, -0.25) is 9.59 Å². The maximum absolute atomic E-state index is 12.6. The second-order valence-corrected chi connectivity index (χ2v) is 6.99. The van der Waals surface area contributed by atoms with Crippen molar-refractivity contribution in [3.63, 3.8) is 0 Å². The van der Waals surface area contributed by atoms with Gasteiger partial charge in [-0.05, 0) is 42.0 Å². The van der Waals surface area contributed by atoms with Crippen LogP contribution in [0, 0.1) is 0 Å². The first-order chi connectivity index (χ1) is 14.1. The van der Waals surface area contributed by atoms with E-state index < -0.39 is 5.91 Å². The molecule has 2 N–H and O–H groups in total.